The van der Waals surface area contributed by atoms with E-state index in [-0.39, 0.29) is 0 Å². The predicted molar refractivity (Wildman–Crippen MR) is 54.1 cm³/mol. The van der Waals surface area contributed by atoms with Crippen molar-refractivity contribution in [2.24, 2.45) is 0 Å². The molecule has 0 fully saturated rings. The topological polar surface area (TPSA) is 42.7 Å². The van der Waals surface area contributed by atoms with Crippen LogP contribution in [0.25, 0.3) is 5.69 Å². The Hall–Kier alpha value is -1.68. The van der Waals surface area contributed by atoms with Crippen LogP contribution in [0.1, 0.15) is 5.56 Å². The third-order valence-corrected chi connectivity index (χ3v) is 1.93. The van der Waals surface area contributed by atoms with Gasteiger partial charge in [-0.2, -0.15) is 5.10 Å². The molecule has 0 unspecified atom stereocenters. The SMILES string of the molecule is CNCc1cncc(-n2cccn2)c1. The maximum atomic E-state index is 4.16. The largest absolute Gasteiger partial charge is 0.316 e. The molecule has 2 rings (SSSR count). The summed E-state index contributed by atoms with van der Waals surface area (Å²) in [6, 6.07) is 3.96. The van der Waals surface area contributed by atoms with E-state index in [1.54, 1.807) is 17.1 Å². The summed E-state index contributed by atoms with van der Waals surface area (Å²) in [5.74, 6) is 0. The molecule has 0 aliphatic rings. The lowest BCUT2D eigenvalue weighted by atomic mass is 10.2. The smallest absolute Gasteiger partial charge is 0.0831 e. The molecule has 4 nitrogen and oxygen atoms in total. The summed E-state index contributed by atoms with van der Waals surface area (Å²) in [5.41, 5.74) is 2.14. The first-order valence-corrected chi connectivity index (χ1v) is 4.48. The van der Waals surface area contributed by atoms with E-state index in [0.29, 0.717) is 0 Å². The summed E-state index contributed by atoms with van der Waals surface area (Å²) in [4.78, 5) is 4.16. The lowest BCUT2D eigenvalue weighted by Crippen LogP contribution is -2.06. The number of hydrogen-bond acceptors (Lipinski definition) is 3. The molecule has 14 heavy (non-hydrogen) atoms. The van der Waals surface area contributed by atoms with Gasteiger partial charge in [-0.05, 0) is 24.7 Å². The second kappa shape index (κ2) is 4.02. The maximum absolute atomic E-state index is 4.16. The molecule has 2 aromatic heterocycles. The van der Waals surface area contributed by atoms with Crippen molar-refractivity contribution in [1.29, 1.82) is 0 Å². The van der Waals surface area contributed by atoms with Crippen LogP contribution >= 0.6 is 0 Å². The highest BCUT2D eigenvalue weighted by molar-refractivity contribution is 5.30. The average molecular weight is 188 g/mol. The quantitative estimate of drug-likeness (QED) is 0.781. The molecule has 0 radical (unpaired) electrons. The Balaban J connectivity index is 2.31. The molecule has 0 amide bonds. The fourth-order valence-electron chi connectivity index (χ4n) is 1.32. The number of aromatic nitrogens is 3. The van der Waals surface area contributed by atoms with Crippen LogP contribution in [0, 0.1) is 0 Å². The zero-order chi connectivity index (χ0) is 9.80. The van der Waals surface area contributed by atoms with Gasteiger partial charge < -0.3 is 5.32 Å². The Morgan fingerprint density at radius 3 is 3.07 bits per heavy atom. The second-order valence-corrected chi connectivity index (χ2v) is 3.03. The molecule has 0 aliphatic carbocycles. The van der Waals surface area contributed by atoms with E-state index in [2.05, 4.69) is 21.5 Å². The van der Waals surface area contributed by atoms with Crippen molar-refractivity contribution in [3.8, 4) is 5.69 Å². The fourth-order valence-corrected chi connectivity index (χ4v) is 1.32. The van der Waals surface area contributed by atoms with Crippen molar-refractivity contribution in [2.45, 2.75) is 6.54 Å². The molecule has 72 valence electrons. The van der Waals surface area contributed by atoms with Crippen molar-refractivity contribution in [2.75, 3.05) is 7.05 Å². The zero-order valence-corrected chi connectivity index (χ0v) is 8.01. The number of nitrogens with zero attached hydrogens (tertiary/aromatic N) is 3. The molecule has 0 aromatic carbocycles. The monoisotopic (exact) mass is 188 g/mol. The van der Waals surface area contributed by atoms with Crippen molar-refractivity contribution in [3.05, 3.63) is 42.5 Å². The van der Waals surface area contributed by atoms with Crippen LogP contribution in [0.5, 0.6) is 0 Å². The van der Waals surface area contributed by atoms with Crippen molar-refractivity contribution >= 4 is 0 Å². The Bertz CT molecular complexity index is 394. The first-order valence-electron chi connectivity index (χ1n) is 4.48. The summed E-state index contributed by atoms with van der Waals surface area (Å²) in [6.45, 7) is 0.822. The van der Waals surface area contributed by atoms with Crippen LogP contribution in [-0.4, -0.2) is 21.8 Å². The molecule has 2 aromatic rings. The minimum Gasteiger partial charge on any atom is -0.316 e. The first kappa shape index (κ1) is 8.90. The zero-order valence-electron chi connectivity index (χ0n) is 8.01. The van der Waals surface area contributed by atoms with E-state index in [1.165, 1.54) is 0 Å². The van der Waals surface area contributed by atoms with Crippen molar-refractivity contribution < 1.29 is 0 Å². The van der Waals surface area contributed by atoms with Gasteiger partial charge in [0.2, 0.25) is 0 Å². The van der Waals surface area contributed by atoms with Gasteiger partial charge in [-0.1, -0.05) is 0 Å². The highest BCUT2D eigenvalue weighted by atomic mass is 15.3. The van der Waals surface area contributed by atoms with E-state index < -0.39 is 0 Å². The summed E-state index contributed by atoms with van der Waals surface area (Å²) in [5, 5.41) is 7.23. The van der Waals surface area contributed by atoms with E-state index in [1.807, 2.05) is 25.5 Å². The minimum atomic E-state index is 0.822. The maximum Gasteiger partial charge on any atom is 0.0831 e. The van der Waals surface area contributed by atoms with E-state index in [9.17, 15) is 0 Å². The minimum absolute atomic E-state index is 0.822. The molecule has 0 saturated carbocycles. The number of nitrogens with one attached hydrogen (secondary N) is 1. The molecule has 2 heterocycles. The van der Waals surface area contributed by atoms with Gasteiger partial charge in [0.05, 0.1) is 11.9 Å². The highest BCUT2D eigenvalue weighted by Gasteiger charge is 1.97. The summed E-state index contributed by atoms with van der Waals surface area (Å²) in [6.07, 6.45) is 7.31. The van der Waals surface area contributed by atoms with E-state index >= 15 is 0 Å². The van der Waals surface area contributed by atoms with Crippen LogP contribution in [0.3, 0.4) is 0 Å². The van der Waals surface area contributed by atoms with Gasteiger partial charge in [0.15, 0.2) is 0 Å². The molecule has 0 bridgehead atoms. The Labute approximate surface area is 82.6 Å². The first-order chi connectivity index (χ1) is 6.90. The van der Waals surface area contributed by atoms with Crippen molar-refractivity contribution in [1.82, 2.24) is 20.1 Å². The predicted octanol–water partition coefficient (Wildman–Crippen LogP) is 0.987. The van der Waals surface area contributed by atoms with Crippen LogP contribution in [-0.2, 0) is 6.54 Å². The number of pyridine rings is 1. The van der Waals surface area contributed by atoms with Crippen molar-refractivity contribution in [3.63, 3.8) is 0 Å². The number of rotatable bonds is 3. The number of hydrogen-bond donors (Lipinski definition) is 1. The Kier molecular flexibility index (Phi) is 2.55. The lowest BCUT2D eigenvalue weighted by Gasteiger charge is -2.03. The van der Waals surface area contributed by atoms with Crippen LogP contribution in [0.4, 0.5) is 0 Å². The van der Waals surface area contributed by atoms with E-state index in [0.717, 1.165) is 17.8 Å². The van der Waals surface area contributed by atoms with Gasteiger partial charge in [0, 0.05) is 25.1 Å². The van der Waals surface area contributed by atoms with Gasteiger partial charge in [0.25, 0.3) is 0 Å². The highest BCUT2D eigenvalue weighted by Crippen LogP contribution is 2.06. The fraction of sp³-hybridized carbons (Fsp3) is 0.200. The Morgan fingerprint density at radius 1 is 1.43 bits per heavy atom. The van der Waals surface area contributed by atoms with Crippen LogP contribution in [0.2, 0.25) is 0 Å². The molecule has 4 heteroatoms. The molecule has 0 saturated heterocycles. The normalized spacial score (nSPS) is 10.4. The molecule has 0 atom stereocenters. The summed E-state index contributed by atoms with van der Waals surface area (Å²) >= 11 is 0. The lowest BCUT2D eigenvalue weighted by molar-refractivity contribution is 0.804. The molecule has 0 aliphatic heterocycles. The Morgan fingerprint density at radius 2 is 2.36 bits per heavy atom. The van der Waals surface area contributed by atoms with Gasteiger partial charge in [-0.3, -0.25) is 4.98 Å². The summed E-state index contributed by atoms with van der Waals surface area (Å²) < 4.78 is 1.80. The van der Waals surface area contributed by atoms with Gasteiger partial charge >= 0.3 is 0 Å². The van der Waals surface area contributed by atoms with Gasteiger partial charge in [-0.15, -0.1) is 0 Å². The second-order valence-electron chi connectivity index (χ2n) is 3.03. The standard InChI is InChI=1S/C10H12N4/c1-11-6-9-5-10(8-12-7-9)14-4-2-3-13-14/h2-5,7-8,11H,6H2,1H3. The average Bonchev–Trinajstić information content (AvgIpc) is 2.71. The van der Waals surface area contributed by atoms with Crippen LogP contribution < -0.4 is 5.32 Å². The third kappa shape index (κ3) is 1.80. The molecular formula is C10H12N4. The third-order valence-electron chi connectivity index (χ3n) is 1.93. The van der Waals surface area contributed by atoms with Gasteiger partial charge in [0.1, 0.15) is 0 Å². The molecule has 1 N–H and O–H groups in total. The molecule has 0 spiro atoms. The summed E-state index contributed by atoms with van der Waals surface area (Å²) in [7, 11) is 1.92. The van der Waals surface area contributed by atoms with Gasteiger partial charge in [-0.25, -0.2) is 4.68 Å². The molecular weight excluding hydrogens is 176 g/mol. The van der Waals surface area contributed by atoms with Crippen LogP contribution in [0.15, 0.2) is 36.9 Å². The van der Waals surface area contributed by atoms with E-state index in [4.69, 9.17) is 0 Å².